The molecule has 3 aromatic carbocycles. The number of methoxy groups -OCH3 is 1. The number of hydrogen-bond donors (Lipinski definition) is 1. The number of carbonyl (C=O) groups excluding carboxylic acids is 2. The lowest BCUT2D eigenvalue weighted by Crippen LogP contribution is -2.53. The molecule has 2 atom stereocenters. The molecule has 2 amide bonds. The summed E-state index contributed by atoms with van der Waals surface area (Å²) in [5.74, 6) is -1.15. The molecule has 13 heteroatoms. The van der Waals surface area contributed by atoms with Gasteiger partial charge in [0.05, 0.1) is 22.6 Å². The highest BCUT2D eigenvalue weighted by Crippen LogP contribution is 2.29. The Kier molecular flexibility index (Phi) is 11.4. The van der Waals surface area contributed by atoms with E-state index in [2.05, 4.69) is 5.32 Å². The van der Waals surface area contributed by atoms with E-state index in [1.807, 2.05) is 13.8 Å². The third-order valence-electron chi connectivity index (χ3n) is 7.26. The number of ether oxygens (including phenoxy) is 1. The van der Waals surface area contributed by atoms with E-state index in [1.165, 1.54) is 79.6 Å². The predicted molar refractivity (Wildman–Crippen MR) is 164 cm³/mol. The van der Waals surface area contributed by atoms with Crippen LogP contribution < -0.4 is 14.4 Å². The minimum atomic E-state index is -4.54. The maximum atomic E-state index is 14.1. The summed E-state index contributed by atoms with van der Waals surface area (Å²) < 4.78 is 47.8. The predicted octanol–water partition coefficient (Wildman–Crippen LogP) is 4.97. The number of benzene rings is 3. The second kappa shape index (κ2) is 14.8. The molecular weight excluding hydrogens is 591 g/mol. The maximum absolute atomic E-state index is 14.1. The van der Waals surface area contributed by atoms with Gasteiger partial charge in [0.15, 0.2) is 0 Å². The van der Waals surface area contributed by atoms with Gasteiger partial charge in [0.25, 0.3) is 15.7 Å². The minimum Gasteiger partial charge on any atom is -0.497 e. The first-order valence-electron chi connectivity index (χ1n) is 14.1. The Morgan fingerprint density at radius 1 is 1.02 bits per heavy atom. The number of nitrogens with one attached hydrogen (secondary N) is 1. The summed E-state index contributed by atoms with van der Waals surface area (Å²) in [6.45, 7) is 6.12. The summed E-state index contributed by atoms with van der Waals surface area (Å²) in [5, 5.41) is 14.5. The number of nitro benzene ring substituents is 1. The fourth-order valence-corrected chi connectivity index (χ4v) is 5.93. The first-order valence-corrected chi connectivity index (χ1v) is 15.5. The van der Waals surface area contributed by atoms with Crippen LogP contribution in [-0.4, -0.2) is 55.8 Å². The summed E-state index contributed by atoms with van der Waals surface area (Å²) in [5.41, 5.74) is 0.506. The third-order valence-corrected chi connectivity index (χ3v) is 9.03. The number of amides is 2. The number of hydrogen-bond acceptors (Lipinski definition) is 7. The second-order valence-electron chi connectivity index (χ2n) is 10.3. The molecule has 0 saturated heterocycles. The van der Waals surface area contributed by atoms with E-state index in [4.69, 9.17) is 4.74 Å². The Bertz CT molecular complexity index is 1580. The van der Waals surface area contributed by atoms with Crippen molar-refractivity contribution in [3.8, 4) is 5.75 Å². The molecule has 1 N–H and O–H groups in total. The van der Waals surface area contributed by atoms with Gasteiger partial charge in [-0.15, -0.1) is 0 Å². The van der Waals surface area contributed by atoms with Crippen molar-refractivity contribution in [2.24, 2.45) is 0 Å². The zero-order valence-electron chi connectivity index (χ0n) is 25.3. The number of rotatable bonds is 14. The quantitative estimate of drug-likeness (QED) is 0.196. The van der Waals surface area contributed by atoms with Crippen molar-refractivity contribution in [1.29, 1.82) is 0 Å². The van der Waals surface area contributed by atoms with Crippen LogP contribution in [0.25, 0.3) is 0 Å². The van der Waals surface area contributed by atoms with Gasteiger partial charge in [0, 0.05) is 24.2 Å². The largest absolute Gasteiger partial charge is 0.497 e. The van der Waals surface area contributed by atoms with Crippen molar-refractivity contribution in [2.75, 3.05) is 18.0 Å². The van der Waals surface area contributed by atoms with Gasteiger partial charge in [-0.25, -0.2) is 12.8 Å². The van der Waals surface area contributed by atoms with Crippen LogP contribution in [0.2, 0.25) is 0 Å². The molecule has 0 saturated carbocycles. The summed E-state index contributed by atoms with van der Waals surface area (Å²) in [6.07, 6.45) is 0.870. The highest BCUT2D eigenvalue weighted by molar-refractivity contribution is 7.92. The van der Waals surface area contributed by atoms with Gasteiger partial charge in [0.2, 0.25) is 11.8 Å². The summed E-state index contributed by atoms with van der Waals surface area (Å²) in [7, 11) is -3.09. The lowest BCUT2D eigenvalue weighted by Gasteiger charge is -2.33. The van der Waals surface area contributed by atoms with Crippen LogP contribution >= 0.6 is 0 Å². The number of anilines is 1. The van der Waals surface area contributed by atoms with E-state index in [9.17, 15) is 32.5 Å². The highest BCUT2D eigenvalue weighted by Gasteiger charge is 2.34. The lowest BCUT2D eigenvalue weighted by molar-refractivity contribution is -0.385. The van der Waals surface area contributed by atoms with Gasteiger partial charge in [-0.1, -0.05) is 32.0 Å². The molecule has 0 bridgehead atoms. The monoisotopic (exact) mass is 628 g/mol. The van der Waals surface area contributed by atoms with Crippen LogP contribution in [0.5, 0.6) is 5.75 Å². The zero-order chi connectivity index (χ0) is 32.6. The Hall–Kier alpha value is -4.52. The average Bonchev–Trinajstić information content (AvgIpc) is 3.00. The normalized spacial score (nSPS) is 12.6. The van der Waals surface area contributed by atoms with E-state index in [-0.39, 0.29) is 35.2 Å². The van der Waals surface area contributed by atoms with Crippen LogP contribution in [0, 0.1) is 22.9 Å². The molecule has 0 radical (unpaired) electrons. The molecule has 0 aromatic heterocycles. The summed E-state index contributed by atoms with van der Waals surface area (Å²) in [4.78, 5) is 39.3. The molecule has 3 aromatic rings. The van der Waals surface area contributed by atoms with Crippen molar-refractivity contribution in [3.63, 3.8) is 0 Å². The lowest BCUT2D eigenvalue weighted by atomic mass is 10.1. The minimum absolute atomic E-state index is 0.0983. The smallest absolute Gasteiger partial charge is 0.273 e. The van der Waals surface area contributed by atoms with Crippen molar-refractivity contribution >= 4 is 33.2 Å². The average molecular weight is 629 g/mol. The van der Waals surface area contributed by atoms with Gasteiger partial charge in [-0.2, -0.15) is 0 Å². The van der Waals surface area contributed by atoms with Gasteiger partial charge in [-0.3, -0.25) is 24.0 Å². The van der Waals surface area contributed by atoms with Crippen molar-refractivity contribution < 1.29 is 32.1 Å². The fraction of sp³-hybridized carbons (Fsp3) is 0.355. The molecule has 0 aliphatic rings. The Labute approximate surface area is 256 Å². The SMILES string of the molecule is CC[C@@H](C)NC(=O)[C@H](CC)N(Cc1ccc(F)cc1)C(=O)CN(c1ccc(OC)cc1)S(=O)(=O)c1ccc(C)c([N+](=O)[O-])c1. The van der Waals surface area contributed by atoms with E-state index in [0.717, 1.165) is 10.4 Å². The number of halogens is 1. The number of sulfonamides is 1. The van der Waals surface area contributed by atoms with Crippen LogP contribution in [0.3, 0.4) is 0 Å². The summed E-state index contributed by atoms with van der Waals surface area (Å²) >= 11 is 0. The molecule has 236 valence electrons. The molecule has 0 aliphatic carbocycles. The Balaban J connectivity index is 2.11. The van der Waals surface area contributed by atoms with E-state index in [0.29, 0.717) is 17.7 Å². The van der Waals surface area contributed by atoms with E-state index < -0.39 is 50.9 Å². The molecule has 0 spiro atoms. The van der Waals surface area contributed by atoms with Gasteiger partial charge in [0.1, 0.15) is 24.2 Å². The number of nitro groups is 1. The Morgan fingerprint density at radius 2 is 1.66 bits per heavy atom. The molecule has 11 nitrogen and oxygen atoms in total. The molecule has 0 heterocycles. The van der Waals surface area contributed by atoms with Crippen LogP contribution in [0.15, 0.2) is 71.6 Å². The van der Waals surface area contributed by atoms with E-state index >= 15 is 0 Å². The first-order chi connectivity index (χ1) is 20.8. The summed E-state index contributed by atoms with van der Waals surface area (Å²) in [6, 6.07) is 13.7. The molecule has 0 unspecified atom stereocenters. The van der Waals surface area contributed by atoms with Crippen LogP contribution in [0.4, 0.5) is 15.8 Å². The van der Waals surface area contributed by atoms with Gasteiger partial charge >= 0.3 is 0 Å². The van der Waals surface area contributed by atoms with Crippen molar-refractivity contribution in [3.05, 3.63) is 93.8 Å². The number of carbonyl (C=O) groups is 2. The van der Waals surface area contributed by atoms with Gasteiger partial charge < -0.3 is 15.0 Å². The van der Waals surface area contributed by atoms with Crippen molar-refractivity contribution in [2.45, 2.75) is 64.1 Å². The molecule has 44 heavy (non-hydrogen) atoms. The first kappa shape index (κ1) is 34.0. The molecule has 3 rings (SSSR count). The molecule has 0 fully saturated rings. The molecular formula is C31H37FN4O7S. The standard InChI is InChI=1S/C31H37FN4O7S/c1-6-22(4)33-31(38)28(7-2)34(19-23-9-11-24(32)12-10-23)30(37)20-35(25-13-15-26(43-5)16-14-25)44(41,42)27-17-8-21(3)29(18-27)36(39)40/h8-18,22,28H,6-7,19-20H2,1-5H3,(H,33,38)/t22-,28+/m1/s1. The topological polar surface area (TPSA) is 139 Å². The van der Waals surface area contributed by atoms with Crippen LogP contribution in [0.1, 0.15) is 44.7 Å². The third kappa shape index (κ3) is 8.10. The maximum Gasteiger partial charge on any atom is 0.273 e. The second-order valence-corrected chi connectivity index (χ2v) is 12.2. The van der Waals surface area contributed by atoms with Crippen LogP contribution in [-0.2, 0) is 26.2 Å². The van der Waals surface area contributed by atoms with Crippen molar-refractivity contribution in [1.82, 2.24) is 10.2 Å². The van der Waals surface area contributed by atoms with E-state index in [1.54, 1.807) is 6.92 Å². The Morgan fingerprint density at radius 3 is 2.20 bits per heavy atom. The number of nitrogens with zero attached hydrogens (tertiary/aromatic N) is 3. The van der Waals surface area contributed by atoms with Gasteiger partial charge in [-0.05, 0) is 74.7 Å². The zero-order valence-corrected chi connectivity index (χ0v) is 26.1. The highest BCUT2D eigenvalue weighted by atomic mass is 32.2. The molecule has 0 aliphatic heterocycles. The fourth-order valence-electron chi connectivity index (χ4n) is 4.50. The number of aryl methyl sites for hydroxylation is 1.